The van der Waals surface area contributed by atoms with E-state index in [0.29, 0.717) is 0 Å². The molecule has 0 aliphatic heterocycles. The lowest BCUT2D eigenvalue weighted by Crippen LogP contribution is -2.47. The first kappa shape index (κ1) is 16.0. The molecule has 0 aromatic rings. The minimum atomic E-state index is 0.767. The molecule has 0 amide bonds. The predicted octanol–water partition coefficient (Wildman–Crippen LogP) is 3.66. The van der Waals surface area contributed by atoms with E-state index in [-0.39, 0.29) is 0 Å². The van der Waals surface area contributed by atoms with E-state index in [4.69, 9.17) is 0 Å². The van der Waals surface area contributed by atoms with Crippen LogP contribution in [0.25, 0.3) is 0 Å². The lowest BCUT2D eigenvalue weighted by atomic mass is 9.88. The molecule has 0 radical (unpaired) electrons. The van der Waals surface area contributed by atoms with Gasteiger partial charge in [-0.25, -0.2) is 0 Å². The summed E-state index contributed by atoms with van der Waals surface area (Å²) >= 11 is 0. The van der Waals surface area contributed by atoms with Crippen molar-refractivity contribution in [3.63, 3.8) is 0 Å². The second-order valence-corrected chi connectivity index (χ2v) is 6.36. The van der Waals surface area contributed by atoms with Gasteiger partial charge in [0.25, 0.3) is 0 Å². The molecule has 1 aliphatic rings. The molecule has 18 heavy (non-hydrogen) atoms. The molecule has 1 rings (SSSR count). The molecule has 1 N–H and O–H groups in total. The maximum Gasteiger partial charge on any atom is 0.00994 e. The summed E-state index contributed by atoms with van der Waals surface area (Å²) in [6.07, 6.45) is 8.08. The summed E-state index contributed by atoms with van der Waals surface area (Å²) in [7, 11) is 2.11. The summed E-state index contributed by atoms with van der Waals surface area (Å²) in [5.41, 5.74) is 0. The third kappa shape index (κ3) is 4.55. The van der Waals surface area contributed by atoms with E-state index in [1.165, 1.54) is 45.1 Å². The molecular formula is C16H34N2. The molecule has 0 unspecified atom stereocenters. The van der Waals surface area contributed by atoms with Crippen molar-refractivity contribution >= 4 is 0 Å². The average molecular weight is 254 g/mol. The number of nitrogens with one attached hydrogen (secondary N) is 1. The summed E-state index contributed by atoms with van der Waals surface area (Å²) < 4.78 is 0. The van der Waals surface area contributed by atoms with Crippen molar-refractivity contribution in [3.05, 3.63) is 0 Å². The van der Waals surface area contributed by atoms with Gasteiger partial charge in [0.2, 0.25) is 0 Å². The SMILES string of the molecule is CCC(CC)N(CC(C)C)C1CCC(NC)CC1. The van der Waals surface area contributed by atoms with E-state index in [1.54, 1.807) is 0 Å². The van der Waals surface area contributed by atoms with Crippen molar-refractivity contribution in [3.8, 4) is 0 Å². The molecule has 1 saturated carbocycles. The summed E-state index contributed by atoms with van der Waals surface area (Å²) in [6.45, 7) is 10.7. The summed E-state index contributed by atoms with van der Waals surface area (Å²) in [4.78, 5) is 2.83. The molecule has 0 spiro atoms. The quantitative estimate of drug-likeness (QED) is 0.746. The van der Waals surface area contributed by atoms with Crippen molar-refractivity contribution in [2.45, 2.75) is 84.3 Å². The second kappa shape index (κ2) is 8.16. The van der Waals surface area contributed by atoms with Crippen molar-refractivity contribution in [1.29, 1.82) is 0 Å². The van der Waals surface area contributed by atoms with Gasteiger partial charge in [0, 0.05) is 24.7 Å². The maximum atomic E-state index is 3.44. The van der Waals surface area contributed by atoms with Crippen LogP contribution >= 0.6 is 0 Å². The molecule has 0 atom stereocenters. The van der Waals surface area contributed by atoms with Crippen LogP contribution in [-0.4, -0.2) is 36.6 Å². The van der Waals surface area contributed by atoms with Crippen molar-refractivity contribution in [2.75, 3.05) is 13.6 Å². The highest BCUT2D eigenvalue weighted by Crippen LogP contribution is 2.27. The smallest absolute Gasteiger partial charge is 0.00994 e. The van der Waals surface area contributed by atoms with Crippen molar-refractivity contribution in [2.24, 2.45) is 5.92 Å². The topological polar surface area (TPSA) is 15.3 Å². The molecule has 2 heteroatoms. The fraction of sp³-hybridized carbons (Fsp3) is 1.00. The Labute approximate surface area is 115 Å². The first-order valence-electron chi connectivity index (χ1n) is 8.05. The van der Waals surface area contributed by atoms with Gasteiger partial charge < -0.3 is 5.32 Å². The molecule has 0 bridgehead atoms. The third-order valence-corrected chi connectivity index (χ3v) is 4.56. The Hall–Kier alpha value is -0.0800. The Balaban J connectivity index is 2.59. The average Bonchev–Trinajstić information content (AvgIpc) is 2.38. The highest BCUT2D eigenvalue weighted by Gasteiger charge is 2.28. The van der Waals surface area contributed by atoms with Crippen LogP contribution < -0.4 is 5.32 Å². The van der Waals surface area contributed by atoms with Crippen LogP contribution in [-0.2, 0) is 0 Å². The largest absolute Gasteiger partial charge is 0.317 e. The van der Waals surface area contributed by atoms with E-state index < -0.39 is 0 Å². The Morgan fingerprint density at radius 2 is 1.61 bits per heavy atom. The fourth-order valence-corrected chi connectivity index (χ4v) is 3.47. The fourth-order valence-electron chi connectivity index (χ4n) is 3.47. The number of nitrogens with zero attached hydrogens (tertiary/aromatic N) is 1. The van der Waals surface area contributed by atoms with Crippen molar-refractivity contribution < 1.29 is 0 Å². The lowest BCUT2D eigenvalue weighted by Gasteiger charge is -2.42. The highest BCUT2D eigenvalue weighted by molar-refractivity contribution is 4.85. The van der Waals surface area contributed by atoms with Gasteiger partial charge in [-0.15, -0.1) is 0 Å². The molecule has 108 valence electrons. The standard InChI is InChI=1S/C16H34N2/c1-6-15(7-2)18(12-13(3)4)16-10-8-14(17-5)9-11-16/h13-17H,6-12H2,1-5H3. The highest BCUT2D eigenvalue weighted by atomic mass is 15.2. The third-order valence-electron chi connectivity index (χ3n) is 4.56. The molecule has 0 saturated heterocycles. The molecule has 1 fully saturated rings. The minimum absolute atomic E-state index is 0.767. The van der Waals surface area contributed by atoms with Crippen LogP contribution in [0.5, 0.6) is 0 Å². The number of rotatable bonds is 7. The van der Waals surface area contributed by atoms with Crippen LogP contribution in [0.4, 0.5) is 0 Å². The monoisotopic (exact) mass is 254 g/mol. The first-order valence-corrected chi connectivity index (χ1v) is 8.05. The van der Waals surface area contributed by atoms with Crippen LogP contribution in [0.2, 0.25) is 0 Å². The molecule has 0 heterocycles. The Bertz CT molecular complexity index is 203. The molecule has 0 aromatic heterocycles. The summed E-state index contributed by atoms with van der Waals surface area (Å²) in [5.74, 6) is 0.785. The number of hydrogen-bond donors (Lipinski definition) is 1. The van der Waals surface area contributed by atoms with Crippen LogP contribution in [0.1, 0.15) is 66.2 Å². The molecular weight excluding hydrogens is 220 g/mol. The predicted molar refractivity (Wildman–Crippen MR) is 81.0 cm³/mol. The van der Waals surface area contributed by atoms with E-state index in [0.717, 1.165) is 24.0 Å². The van der Waals surface area contributed by atoms with Gasteiger partial charge in [0.05, 0.1) is 0 Å². The summed E-state index contributed by atoms with van der Waals surface area (Å²) in [5, 5.41) is 3.44. The first-order chi connectivity index (χ1) is 8.62. The molecule has 1 aliphatic carbocycles. The van der Waals surface area contributed by atoms with Crippen LogP contribution in [0, 0.1) is 5.92 Å². The zero-order chi connectivity index (χ0) is 13.5. The van der Waals surface area contributed by atoms with Gasteiger partial charge >= 0.3 is 0 Å². The van der Waals surface area contributed by atoms with E-state index in [2.05, 4.69) is 45.0 Å². The molecule has 2 nitrogen and oxygen atoms in total. The van der Waals surface area contributed by atoms with Gasteiger partial charge in [0.15, 0.2) is 0 Å². The van der Waals surface area contributed by atoms with Crippen LogP contribution in [0.3, 0.4) is 0 Å². The molecule has 0 aromatic carbocycles. The van der Waals surface area contributed by atoms with Gasteiger partial charge in [-0.2, -0.15) is 0 Å². The van der Waals surface area contributed by atoms with Gasteiger partial charge in [-0.05, 0) is 51.5 Å². The maximum absolute atomic E-state index is 3.44. The van der Waals surface area contributed by atoms with Gasteiger partial charge in [-0.3, -0.25) is 4.90 Å². The Morgan fingerprint density at radius 3 is 2.00 bits per heavy atom. The van der Waals surface area contributed by atoms with Crippen LogP contribution in [0.15, 0.2) is 0 Å². The lowest BCUT2D eigenvalue weighted by molar-refractivity contribution is 0.0788. The Kier molecular flexibility index (Phi) is 7.25. The normalized spacial score (nSPS) is 25.3. The second-order valence-electron chi connectivity index (χ2n) is 6.36. The van der Waals surface area contributed by atoms with Gasteiger partial charge in [-0.1, -0.05) is 27.7 Å². The zero-order valence-corrected chi connectivity index (χ0v) is 13.2. The van der Waals surface area contributed by atoms with Crippen molar-refractivity contribution in [1.82, 2.24) is 10.2 Å². The number of hydrogen-bond acceptors (Lipinski definition) is 2. The minimum Gasteiger partial charge on any atom is -0.317 e. The summed E-state index contributed by atoms with van der Waals surface area (Å²) in [6, 6.07) is 2.40. The van der Waals surface area contributed by atoms with E-state index in [1.807, 2.05) is 0 Å². The zero-order valence-electron chi connectivity index (χ0n) is 13.2. The Morgan fingerprint density at radius 1 is 1.06 bits per heavy atom. The van der Waals surface area contributed by atoms with E-state index >= 15 is 0 Å². The van der Waals surface area contributed by atoms with Gasteiger partial charge in [0.1, 0.15) is 0 Å². The van der Waals surface area contributed by atoms with E-state index in [9.17, 15) is 0 Å².